The molecule has 2 aliphatic heterocycles. The Morgan fingerprint density at radius 1 is 1.06 bits per heavy atom. The molecule has 174 valence electrons. The van der Waals surface area contributed by atoms with E-state index in [1.165, 1.54) is 38.5 Å². The highest BCUT2D eigenvalue weighted by Crippen LogP contribution is 2.41. The van der Waals surface area contributed by atoms with Crippen molar-refractivity contribution in [3.05, 3.63) is 41.3 Å². The van der Waals surface area contributed by atoms with Crippen LogP contribution in [0, 0.1) is 29.4 Å². The molecule has 0 radical (unpaired) electrons. The molecule has 3 atom stereocenters. The average Bonchev–Trinajstić information content (AvgIpc) is 3.52. The molecule has 33 heavy (non-hydrogen) atoms. The van der Waals surface area contributed by atoms with E-state index in [1.54, 1.807) is 11.3 Å². The van der Waals surface area contributed by atoms with Crippen LogP contribution >= 0.6 is 11.3 Å². The quantitative estimate of drug-likeness (QED) is 0.557. The highest BCUT2D eigenvalue weighted by atomic mass is 32.1. The molecular weight excluding hydrogens is 442 g/mol. The summed E-state index contributed by atoms with van der Waals surface area (Å²) in [6, 6.07) is 5.74. The van der Waals surface area contributed by atoms with E-state index >= 15 is 0 Å². The van der Waals surface area contributed by atoms with Gasteiger partial charge >= 0.3 is 0 Å². The number of ether oxygens (including phenoxy) is 1. The Bertz CT molecular complexity index is 1130. The van der Waals surface area contributed by atoms with Gasteiger partial charge in [0.2, 0.25) is 0 Å². The summed E-state index contributed by atoms with van der Waals surface area (Å²) in [6.45, 7) is 5.43. The predicted octanol–water partition coefficient (Wildman–Crippen LogP) is 5.19. The molecule has 1 N–H and O–H groups in total. The number of hydrogen-bond acceptors (Lipinski definition) is 6. The van der Waals surface area contributed by atoms with Gasteiger partial charge in [0.05, 0.1) is 4.70 Å². The fraction of sp³-hybridized carbons (Fsp3) is 0.520. The van der Waals surface area contributed by atoms with Gasteiger partial charge in [-0.05, 0) is 73.1 Å². The Kier molecular flexibility index (Phi) is 5.76. The Morgan fingerprint density at radius 3 is 2.64 bits per heavy atom. The zero-order valence-corrected chi connectivity index (χ0v) is 19.3. The highest BCUT2D eigenvalue weighted by Gasteiger charge is 2.41. The average molecular weight is 471 g/mol. The van der Waals surface area contributed by atoms with Crippen LogP contribution in [0.5, 0.6) is 0 Å². The number of likely N-dealkylation sites (tertiary alicyclic amines) is 1. The van der Waals surface area contributed by atoms with Crippen LogP contribution in [-0.2, 0) is 4.74 Å². The molecule has 0 bridgehead atoms. The fourth-order valence-electron chi connectivity index (χ4n) is 6.00. The van der Waals surface area contributed by atoms with Crippen molar-refractivity contribution in [3.8, 4) is 11.3 Å². The molecule has 5 nitrogen and oxygen atoms in total. The van der Waals surface area contributed by atoms with Gasteiger partial charge in [-0.15, -0.1) is 21.5 Å². The zero-order valence-electron chi connectivity index (χ0n) is 18.5. The maximum Gasteiger partial charge on any atom is 0.166 e. The van der Waals surface area contributed by atoms with Gasteiger partial charge in [-0.1, -0.05) is 0 Å². The summed E-state index contributed by atoms with van der Waals surface area (Å²) in [5.74, 6) is 2.03. The molecule has 3 fully saturated rings. The van der Waals surface area contributed by atoms with Crippen molar-refractivity contribution in [3.63, 3.8) is 0 Å². The smallest absolute Gasteiger partial charge is 0.166 e. The van der Waals surface area contributed by atoms with Gasteiger partial charge in [-0.25, -0.2) is 8.78 Å². The topological polar surface area (TPSA) is 50.3 Å². The summed E-state index contributed by atoms with van der Waals surface area (Å²) in [5, 5.41) is 15.1. The normalized spacial score (nSPS) is 26.2. The summed E-state index contributed by atoms with van der Waals surface area (Å²) in [4.78, 5) is 2.67. The van der Waals surface area contributed by atoms with Gasteiger partial charge in [0.15, 0.2) is 5.82 Å². The van der Waals surface area contributed by atoms with Crippen molar-refractivity contribution in [2.24, 2.45) is 17.8 Å². The number of hydrogen-bond donors (Lipinski definition) is 1. The molecule has 4 heterocycles. The third kappa shape index (κ3) is 4.24. The minimum atomic E-state index is -0.493. The first-order valence-electron chi connectivity index (χ1n) is 11.9. The Hall–Kier alpha value is -2.16. The molecule has 3 aliphatic rings. The minimum Gasteiger partial charge on any atom is -0.381 e. The van der Waals surface area contributed by atoms with Crippen molar-refractivity contribution in [1.29, 1.82) is 0 Å². The fourth-order valence-corrected chi connectivity index (χ4v) is 6.85. The van der Waals surface area contributed by atoms with Crippen LogP contribution < -0.4 is 5.32 Å². The van der Waals surface area contributed by atoms with E-state index < -0.39 is 11.6 Å². The Balaban J connectivity index is 1.14. The van der Waals surface area contributed by atoms with E-state index in [0.717, 1.165) is 71.8 Å². The van der Waals surface area contributed by atoms with Crippen molar-refractivity contribution in [2.45, 2.75) is 31.7 Å². The number of rotatable bonds is 5. The lowest BCUT2D eigenvalue weighted by atomic mass is 10.00. The van der Waals surface area contributed by atoms with E-state index in [4.69, 9.17) is 4.74 Å². The zero-order chi connectivity index (χ0) is 22.4. The molecule has 0 amide bonds. The van der Waals surface area contributed by atoms with Gasteiger partial charge in [-0.3, -0.25) is 0 Å². The van der Waals surface area contributed by atoms with E-state index in [9.17, 15) is 8.78 Å². The lowest BCUT2D eigenvalue weighted by Gasteiger charge is -2.27. The third-order valence-corrected chi connectivity index (χ3v) is 8.51. The summed E-state index contributed by atoms with van der Waals surface area (Å²) in [7, 11) is 0. The molecule has 2 saturated heterocycles. The summed E-state index contributed by atoms with van der Waals surface area (Å²) in [6.07, 6.45) is 4.68. The molecule has 1 saturated carbocycles. The standard InChI is InChI=1S/C25H28F2N4OS/c26-18-1-2-22(27)21(11-18)23-20-5-8-33-24(20)25(30-29-23)28-19-9-16-13-31(14-17(16)10-19)12-15-3-6-32-7-4-15/h1-2,5,8,11,15-17,19H,3-4,6-7,9-10,12-14H2,(H,28,30)/t16-,17?,19?/m1/s1. The molecule has 2 unspecified atom stereocenters. The van der Waals surface area contributed by atoms with E-state index in [-0.39, 0.29) is 5.56 Å². The molecule has 0 spiro atoms. The second-order valence-electron chi connectivity index (χ2n) is 9.79. The number of nitrogens with zero attached hydrogens (tertiary/aromatic N) is 3. The predicted molar refractivity (Wildman–Crippen MR) is 126 cm³/mol. The third-order valence-electron chi connectivity index (χ3n) is 7.59. The van der Waals surface area contributed by atoms with Crippen LogP contribution in [0.4, 0.5) is 14.6 Å². The van der Waals surface area contributed by atoms with Gasteiger partial charge < -0.3 is 15.0 Å². The molecular formula is C25H28F2N4OS. The van der Waals surface area contributed by atoms with E-state index in [0.29, 0.717) is 11.7 Å². The van der Waals surface area contributed by atoms with Crippen LogP contribution in [-0.4, -0.2) is 54.0 Å². The van der Waals surface area contributed by atoms with Crippen molar-refractivity contribution < 1.29 is 13.5 Å². The summed E-state index contributed by atoms with van der Waals surface area (Å²) < 4.78 is 34.6. The first-order valence-corrected chi connectivity index (χ1v) is 12.8. The second-order valence-corrected chi connectivity index (χ2v) is 10.7. The van der Waals surface area contributed by atoms with Crippen molar-refractivity contribution in [2.75, 3.05) is 38.2 Å². The number of benzene rings is 1. The van der Waals surface area contributed by atoms with Crippen molar-refractivity contribution >= 4 is 27.2 Å². The Morgan fingerprint density at radius 2 is 1.85 bits per heavy atom. The molecule has 3 aromatic rings. The number of thiophene rings is 1. The first-order chi connectivity index (χ1) is 16.1. The number of halogens is 2. The monoisotopic (exact) mass is 470 g/mol. The lowest BCUT2D eigenvalue weighted by molar-refractivity contribution is 0.0545. The number of aromatic nitrogens is 2. The lowest BCUT2D eigenvalue weighted by Crippen LogP contribution is -2.32. The molecule has 8 heteroatoms. The molecule has 1 aliphatic carbocycles. The van der Waals surface area contributed by atoms with E-state index in [2.05, 4.69) is 20.4 Å². The summed E-state index contributed by atoms with van der Waals surface area (Å²) >= 11 is 1.56. The van der Waals surface area contributed by atoms with Crippen LogP contribution in [0.1, 0.15) is 25.7 Å². The van der Waals surface area contributed by atoms with Gasteiger partial charge in [-0.2, -0.15) is 0 Å². The molecule has 2 aromatic heterocycles. The van der Waals surface area contributed by atoms with Gasteiger partial charge in [0.25, 0.3) is 0 Å². The van der Waals surface area contributed by atoms with Gasteiger partial charge in [0.1, 0.15) is 17.3 Å². The van der Waals surface area contributed by atoms with Gasteiger partial charge in [0, 0.05) is 49.8 Å². The SMILES string of the molecule is Fc1ccc(F)c(-c2nnc(NC3CC4CN(CC5CCOCC5)C[C@H]4C3)c3sccc23)c1. The van der Waals surface area contributed by atoms with Crippen LogP contribution in [0.25, 0.3) is 21.3 Å². The highest BCUT2D eigenvalue weighted by molar-refractivity contribution is 7.17. The van der Waals surface area contributed by atoms with Crippen LogP contribution in [0.15, 0.2) is 29.6 Å². The Labute approximate surface area is 196 Å². The second kappa shape index (κ2) is 8.89. The summed E-state index contributed by atoms with van der Waals surface area (Å²) in [5.41, 5.74) is 0.540. The number of fused-ring (bicyclic) bond motifs is 2. The number of nitrogens with one attached hydrogen (secondary N) is 1. The molecule has 6 rings (SSSR count). The maximum absolute atomic E-state index is 14.4. The largest absolute Gasteiger partial charge is 0.381 e. The van der Waals surface area contributed by atoms with Crippen LogP contribution in [0.2, 0.25) is 0 Å². The molecule has 1 aromatic carbocycles. The first kappa shape index (κ1) is 21.4. The van der Waals surface area contributed by atoms with Crippen molar-refractivity contribution in [1.82, 2.24) is 15.1 Å². The minimum absolute atomic E-state index is 0.150. The van der Waals surface area contributed by atoms with Crippen LogP contribution in [0.3, 0.4) is 0 Å². The van der Waals surface area contributed by atoms with E-state index in [1.807, 2.05) is 11.4 Å². The number of anilines is 1. The maximum atomic E-state index is 14.4.